The molecular formula is C15H16FIN2O. The molecule has 1 N–H and O–H groups in total. The maximum absolute atomic E-state index is 13.7. The summed E-state index contributed by atoms with van der Waals surface area (Å²) in [6.45, 7) is 6.01. The average molecular weight is 386 g/mol. The van der Waals surface area contributed by atoms with Crippen molar-refractivity contribution in [2.75, 3.05) is 0 Å². The van der Waals surface area contributed by atoms with Gasteiger partial charge in [0.25, 0.3) is 5.56 Å². The molecule has 0 amide bonds. The monoisotopic (exact) mass is 386 g/mol. The number of benzene rings is 1. The summed E-state index contributed by atoms with van der Waals surface area (Å²) in [4.78, 5) is 19.2. The van der Waals surface area contributed by atoms with Gasteiger partial charge in [0.05, 0.1) is 5.69 Å². The van der Waals surface area contributed by atoms with E-state index in [1.165, 1.54) is 6.07 Å². The summed E-state index contributed by atoms with van der Waals surface area (Å²) < 4.78 is 14.3. The van der Waals surface area contributed by atoms with Crippen LogP contribution >= 0.6 is 22.6 Å². The van der Waals surface area contributed by atoms with Crippen molar-refractivity contribution in [1.29, 1.82) is 0 Å². The molecule has 2 aromatic rings. The lowest BCUT2D eigenvalue weighted by atomic mass is 9.92. The Morgan fingerprint density at radius 3 is 2.55 bits per heavy atom. The van der Waals surface area contributed by atoms with E-state index in [1.807, 2.05) is 43.4 Å². The highest BCUT2D eigenvalue weighted by atomic mass is 127. The number of hydrogen-bond acceptors (Lipinski definition) is 2. The molecule has 106 valence electrons. The predicted molar refractivity (Wildman–Crippen MR) is 85.5 cm³/mol. The topological polar surface area (TPSA) is 45.8 Å². The molecule has 0 radical (unpaired) electrons. The van der Waals surface area contributed by atoms with Crippen LogP contribution in [0, 0.1) is 9.39 Å². The normalized spacial score (nSPS) is 11.7. The van der Waals surface area contributed by atoms with Gasteiger partial charge in [0.15, 0.2) is 0 Å². The first kappa shape index (κ1) is 15.2. The maximum Gasteiger partial charge on any atom is 0.264 e. The van der Waals surface area contributed by atoms with Crippen molar-refractivity contribution in [2.45, 2.75) is 32.6 Å². The molecule has 0 atom stereocenters. The van der Waals surface area contributed by atoms with Crippen molar-refractivity contribution in [1.82, 2.24) is 9.97 Å². The number of aromatic nitrogens is 2. The first-order valence-electron chi connectivity index (χ1n) is 6.31. The van der Waals surface area contributed by atoms with Crippen LogP contribution in [0.2, 0.25) is 0 Å². The van der Waals surface area contributed by atoms with Crippen LogP contribution in [0.25, 0.3) is 0 Å². The Balaban J connectivity index is 2.47. The molecule has 0 saturated carbocycles. The molecule has 0 bridgehead atoms. The third kappa shape index (κ3) is 3.26. The lowest BCUT2D eigenvalue weighted by molar-refractivity contribution is 0.555. The van der Waals surface area contributed by atoms with Crippen molar-refractivity contribution in [3.8, 4) is 0 Å². The van der Waals surface area contributed by atoms with E-state index in [0.29, 0.717) is 15.0 Å². The molecule has 0 aliphatic heterocycles. The molecule has 5 heteroatoms. The second-order valence-corrected chi connectivity index (χ2v) is 6.77. The maximum atomic E-state index is 13.7. The molecule has 3 nitrogen and oxygen atoms in total. The number of nitrogens with zero attached hydrogens (tertiary/aromatic N) is 1. The number of hydrogen-bond donors (Lipinski definition) is 1. The summed E-state index contributed by atoms with van der Waals surface area (Å²) in [5.74, 6) is 0.205. The van der Waals surface area contributed by atoms with Crippen LogP contribution in [0.5, 0.6) is 0 Å². The smallest absolute Gasteiger partial charge is 0.264 e. The summed E-state index contributed by atoms with van der Waals surface area (Å²) >= 11 is 2.00. The van der Waals surface area contributed by atoms with Gasteiger partial charge in [-0.3, -0.25) is 4.79 Å². The zero-order chi connectivity index (χ0) is 14.9. The van der Waals surface area contributed by atoms with Crippen molar-refractivity contribution < 1.29 is 4.39 Å². The summed E-state index contributed by atoms with van der Waals surface area (Å²) in [7, 11) is 0. The zero-order valence-electron chi connectivity index (χ0n) is 11.6. The second-order valence-electron chi connectivity index (χ2n) is 5.69. The molecule has 1 heterocycles. The summed E-state index contributed by atoms with van der Waals surface area (Å²) in [6, 6.07) is 6.52. The molecule has 0 saturated heterocycles. The van der Waals surface area contributed by atoms with Gasteiger partial charge < -0.3 is 4.98 Å². The molecular weight excluding hydrogens is 370 g/mol. The van der Waals surface area contributed by atoms with Gasteiger partial charge in [0, 0.05) is 11.8 Å². The third-order valence-electron chi connectivity index (χ3n) is 2.94. The summed E-state index contributed by atoms with van der Waals surface area (Å²) in [5, 5.41) is 0. The fraction of sp³-hybridized carbons (Fsp3) is 0.333. The number of H-pyrrole nitrogens is 1. The van der Waals surface area contributed by atoms with Crippen molar-refractivity contribution >= 4 is 22.6 Å². The molecule has 0 spiro atoms. The fourth-order valence-corrected chi connectivity index (χ4v) is 2.97. The number of aromatic amines is 1. The van der Waals surface area contributed by atoms with Crippen LogP contribution in [0.3, 0.4) is 0 Å². The Morgan fingerprint density at radius 1 is 1.30 bits per heavy atom. The van der Waals surface area contributed by atoms with Gasteiger partial charge in [-0.25, -0.2) is 9.37 Å². The lowest BCUT2D eigenvalue weighted by Gasteiger charge is -2.19. The van der Waals surface area contributed by atoms with Gasteiger partial charge in [-0.05, 0) is 34.2 Å². The van der Waals surface area contributed by atoms with E-state index >= 15 is 0 Å². The van der Waals surface area contributed by atoms with E-state index in [1.54, 1.807) is 18.2 Å². The standard InChI is InChI=1S/C15H16FIN2O/c1-15(2,3)13-12(17)14(20)19-11(18-13)8-9-6-4-5-7-10(9)16/h4-7H,8H2,1-3H3,(H,18,19,20). The van der Waals surface area contributed by atoms with Crippen LogP contribution in [0.1, 0.15) is 37.9 Å². The average Bonchev–Trinajstić information content (AvgIpc) is 2.35. The van der Waals surface area contributed by atoms with Gasteiger partial charge in [0.2, 0.25) is 0 Å². The van der Waals surface area contributed by atoms with Crippen molar-refractivity contribution in [3.63, 3.8) is 0 Å². The van der Waals surface area contributed by atoms with E-state index in [0.717, 1.165) is 5.69 Å². The first-order valence-corrected chi connectivity index (χ1v) is 7.39. The minimum absolute atomic E-state index is 0.170. The molecule has 0 fully saturated rings. The minimum atomic E-state index is -0.286. The van der Waals surface area contributed by atoms with Crippen molar-refractivity contribution in [2.24, 2.45) is 0 Å². The Morgan fingerprint density at radius 2 is 1.95 bits per heavy atom. The van der Waals surface area contributed by atoms with E-state index in [9.17, 15) is 9.18 Å². The minimum Gasteiger partial charge on any atom is -0.309 e. The molecule has 0 aliphatic carbocycles. The van der Waals surface area contributed by atoms with Gasteiger partial charge >= 0.3 is 0 Å². The lowest BCUT2D eigenvalue weighted by Crippen LogP contribution is -2.25. The van der Waals surface area contributed by atoms with Crippen LogP contribution in [-0.2, 0) is 11.8 Å². The van der Waals surface area contributed by atoms with Crippen LogP contribution in [0.15, 0.2) is 29.1 Å². The van der Waals surface area contributed by atoms with Crippen LogP contribution < -0.4 is 5.56 Å². The van der Waals surface area contributed by atoms with E-state index < -0.39 is 0 Å². The molecule has 20 heavy (non-hydrogen) atoms. The molecule has 0 aliphatic rings. The summed E-state index contributed by atoms with van der Waals surface area (Å²) in [6.07, 6.45) is 0.280. The third-order valence-corrected chi connectivity index (χ3v) is 3.94. The number of rotatable bonds is 2. The highest BCUT2D eigenvalue weighted by Gasteiger charge is 2.22. The second kappa shape index (κ2) is 5.63. The number of nitrogens with one attached hydrogen (secondary N) is 1. The van der Waals surface area contributed by atoms with Crippen LogP contribution in [0.4, 0.5) is 4.39 Å². The molecule has 1 aromatic heterocycles. The van der Waals surface area contributed by atoms with E-state index in [-0.39, 0.29) is 23.2 Å². The van der Waals surface area contributed by atoms with Crippen molar-refractivity contribution in [3.05, 3.63) is 61.1 Å². The Hall–Kier alpha value is -1.24. The highest BCUT2D eigenvalue weighted by Crippen LogP contribution is 2.23. The van der Waals surface area contributed by atoms with Gasteiger partial charge in [-0.15, -0.1) is 0 Å². The van der Waals surface area contributed by atoms with Crippen LogP contribution in [-0.4, -0.2) is 9.97 Å². The molecule has 0 unspecified atom stereocenters. The quantitative estimate of drug-likeness (QED) is 0.805. The van der Waals surface area contributed by atoms with E-state index in [4.69, 9.17) is 0 Å². The predicted octanol–water partition coefficient (Wildman–Crippen LogP) is 3.40. The van der Waals surface area contributed by atoms with E-state index in [2.05, 4.69) is 9.97 Å². The molecule has 2 rings (SSSR count). The molecule has 1 aromatic carbocycles. The highest BCUT2D eigenvalue weighted by molar-refractivity contribution is 14.1. The zero-order valence-corrected chi connectivity index (χ0v) is 13.8. The van der Waals surface area contributed by atoms with Gasteiger partial charge in [0.1, 0.15) is 15.2 Å². The Bertz CT molecular complexity index is 689. The Kier molecular flexibility index (Phi) is 4.27. The summed E-state index contributed by atoms with van der Waals surface area (Å²) in [5.41, 5.74) is 0.871. The first-order chi connectivity index (χ1) is 9.29. The Labute approximate surface area is 130 Å². The largest absolute Gasteiger partial charge is 0.309 e. The van der Waals surface area contributed by atoms with Gasteiger partial charge in [-0.2, -0.15) is 0 Å². The SMILES string of the molecule is CC(C)(C)c1nc(Cc2ccccc2F)[nH]c(=O)c1I. The fourth-order valence-electron chi connectivity index (χ4n) is 1.91. The number of halogens is 2. The van der Waals surface area contributed by atoms with Gasteiger partial charge in [-0.1, -0.05) is 39.0 Å².